The second kappa shape index (κ2) is 14.3. The van der Waals surface area contributed by atoms with Crippen LogP contribution >= 0.6 is 23.5 Å². The highest BCUT2D eigenvalue weighted by Crippen LogP contribution is 2.45. The van der Waals surface area contributed by atoms with Crippen LogP contribution in [0.2, 0.25) is 0 Å². The van der Waals surface area contributed by atoms with E-state index >= 15 is 0 Å². The van der Waals surface area contributed by atoms with Crippen molar-refractivity contribution in [2.45, 2.75) is 19.6 Å². The number of ether oxygens (including phenoxy) is 4. The van der Waals surface area contributed by atoms with E-state index in [4.69, 9.17) is 18.9 Å². The molecule has 4 aliphatic heterocycles. The van der Waals surface area contributed by atoms with E-state index in [0.717, 1.165) is 89.0 Å². The minimum atomic E-state index is -0.0355. The van der Waals surface area contributed by atoms with Crippen LogP contribution in [0.1, 0.15) is 0 Å². The molecule has 4 aliphatic rings. The maximum Gasteiger partial charge on any atom is 0.253 e. The van der Waals surface area contributed by atoms with Crippen molar-refractivity contribution >= 4 is 69.7 Å². The van der Waals surface area contributed by atoms with Crippen LogP contribution in [0.3, 0.4) is 0 Å². The van der Waals surface area contributed by atoms with Gasteiger partial charge in [0.05, 0.1) is 0 Å². The third-order valence-electron chi connectivity index (χ3n) is 12.2. The maximum absolute atomic E-state index is 7.02. The first kappa shape index (κ1) is 35.7. The largest absolute Gasteiger partial charge is 0.458 e. The van der Waals surface area contributed by atoms with Crippen molar-refractivity contribution in [3.8, 4) is 68.2 Å². The Kier molecular flexibility index (Phi) is 8.24. The molecular formula is C54H32B2O4S2. The van der Waals surface area contributed by atoms with E-state index in [1.807, 2.05) is 36.4 Å². The van der Waals surface area contributed by atoms with E-state index in [0.29, 0.717) is 0 Å². The van der Waals surface area contributed by atoms with Gasteiger partial charge in [-0.05, 0) is 69.4 Å². The molecule has 0 radical (unpaired) electrons. The Morgan fingerprint density at radius 1 is 0.339 bits per heavy atom. The van der Waals surface area contributed by atoms with Crippen LogP contribution in [-0.4, -0.2) is 13.4 Å². The normalized spacial score (nSPS) is 13.2. The summed E-state index contributed by atoms with van der Waals surface area (Å²) >= 11 is 3.56. The van der Waals surface area contributed by atoms with Gasteiger partial charge in [0.15, 0.2) is 0 Å². The van der Waals surface area contributed by atoms with Crippen LogP contribution in [0.5, 0.6) is 46.0 Å². The van der Waals surface area contributed by atoms with Gasteiger partial charge in [0.25, 0.3) is 13.4 Å². The number of fused-ring (bicyclic) bond motifs is 8. The summed E-state index contributed by atoms with van der Waals surface area (Å²) in [6.45, 7) is -0.0709. The summed E-state index contributed by atoms with van der Waals surface area (Å²) < 4.78 is 27.6. The standard InChI is InChI=1S/C54H32B2O4S2/c1-3-15-33(16-4-1)37-19-7-11-23-43(37)57-35-27-47-53-51(29-35)61-49-25-13-9-21-39(49)55(53)41-31-42-46(32-45(41)59-47)60-48-28-36(30-52-54(48)56(42)40-22-10-14-26-50(40)62-52)58-44-24-12-8-20-38(44)34-17-5-2-6-18-34/h1-32H. The van der Waals surface area contributed by atoms with Gasteiger partial charge in [0.1, 0.15) is 46.0 Å². The van der Waals surface area contributed by atoms with Crippen LogP contribution in [0.4, 0.5) is 0 Å². The summed E-state index contributed by atoms with van der Waals surface area (Å²) in [5.74, 6) is 6.18. The third kappa shape index (κ3) is 5.82. The molecule has 4 nitrogen and oxygen atoms in total. The van der Waals surface area contributed by atoms with Gasteiger partial charge in [-0.15, -0.1) is 0 Å². The van der Waals surface area contributed by atoms with Crippen molar-refractivity contribution in [2.24, 2.45) is 0 Å². The molecule has 0 aromatic heterocycles. The minimum Gasteiger partial charge on any atom is -0.458 e. The van der Waals surface area contributed by atoms with Gasteiger partial charge in [-0.3, -0.25) is 0 Å². The van der Waals surface area contributed by atoms with E-state index in [2.05, 4.69) is 158 Å². The Labute approximate surface area is 368 Å². The Hall–Kier alpha value is -6.99. The predicted octanol–water partition coefficient (Wildman–Crippen LogP) is 10.8. The molecule has 0 spiro atoms. The molecule has 4 heterocycles. The molecule has 0 atom stereocenters. The summed E-state index contributed by atoms with van der Waals surface area (Å²) in [4.78, 5) is 4.72. The van der Waals surface area contributed by atoms with Gasteiger partial charge in [-0.2, -0.15) is 0 Å². The topological polar surface area (TPSA) is 36.9 Å². The van der Waals surface area contributed by atoms with Crippen molar-refractivity contribution in [3.63, 3.8) is 0 Å². The molecule has 9 aromatic rings. The lowest BCUT2D eigenvalue weighted by Gasteiger charge is -2.37. The second-order valence-electron chi connectivity index (χ2n) is 15.9. The molecule has 0 bridgehead atoms. The fraction of sp³-hybridized carbons (Fsp3) is 0. The third-order valence-corrected chi connectivity index (χ3v) is 14.5. The molecule has 0 unspecified atom stereocenters. The SMILES string of the molecule is c1ccc(-c2ccccc2Oc2cc3c4c(c2)Sc2ccccc2B4c2cc4c(cc2O3)Oc2cc(Oc3ccccc3-c3ccccc3)cc3c2B4c2ccccc2S3)cc1. The lowest BCUT2D eigenvalue weighted by molar-refractivity contribution is 0.450. The molecule has 0 N–H and O–H groups in total. The van der Waals surface area contributed by atoms with Gasteiger partial charge in [0.2, 0.25) is 0 Å². The quantitative estimate of drug-likeness (QED) is 0.155. The van der Waals surface area contributed by atoms with Gasteiger partial charge < -0.3 is 18.9 Å². The van der Waals surface area contributed by atoms with Crippen LogP contribution in [0.15, 0.2) is 214 Å². The maximum atomic E-state index is 7.02. The Morgan fingerprint density at radius 2 is 0.758 bits per heavy atom. The minimum absolute atomic E-state index is 0.0355. The van der Waals surface area contributed by atoms with Gasteiger partial charge in [-0.1, -0.05) is 174 Å². The molecule has 9 aromatic carbocycles. The van der Waals surface area contributed by atoms with Gasteiger partial charge in [-0.25, -0.2) is 0 Å². The lowest BCUT2D eigenvalue weighted by atomic mass is 9.32. The molecule has 8 heteroatoms. The average Bonchev–Trinajstić information content (AvgIpc) is 3.31. The lowest BCUT2D eigenvalue weighted by Crippen LogP contribution is -2.61. The number of para-hydroxylation sites is 2. The summed E-state index contributed by atoms with van der Waals surface area (Å²) in [6.07, 6.45) is 0. The van der Waals surface area contributed by atoms with Gasteiger partial charge in [0, 0.05) is 48.9 Å². The second-order valence-corrected chi connectivity index (χ2v) is 18.0. The monoisotopic (exact) mass is 830 g/mol. The smallest absolute Gasteiger partial charge is 0.253 e. The van der Waals surface area contributed by atoms with Crippen molar-refractivity contribution < 1.29 is 18.9 Å². The van der Waals surface area contributed by atoms with E-state index in [9.17, 15) is 0 Å². The summed E-state index contributed by atoms with van der Waals surface area (Å²) in [7, 11) is 0. The number of hydrogen-bond acceptors (Lipinski definition) is 6. The van der Waals surface area contributed by atoms with E-state index in [-0.39, 0.29) is 13.4 Å². The van der Waals surface area contributed by atoms with Crippen molar-refractivity contribution in [1.29, 1.82) is 0 Å². The van der Waals surface area contributed by atoms with E-state index in [1.165, 1.54) is 31.6 Å². The zero-order valence-electron chi connectivity index (χ0n) is 33.1. The molecule has 13 rings (SSSR count). The Balaban J connectivity index is 0.934. The fourth-order valence-corrected chi connectivity index (χ4v) is 11.9. The van der Waals surface area contributed by atoms with Gasteiger partial charge >= 0.3 is 0 Å². The zero-order chi connectivity index (χ0) is 40.7. The average molecular weight is 831 g/mol. The summed E-state index contributed by atoms with van der Waals surface area (Å²) in [6, 6.07) is 67.6. The molecular weight excluding hydrogens is 798 g/mol. The number of benzene rings is 9. The number of hydrogen-bond donors (Lipinski definition) is 0. The van der Waals surface area contributed by atoms with Crippen LogP contribution < -0.4 is 51.7 Å². The van der Waals surface area contributed by atoms with E-state index in [1.54, 1.807) is 23.5 Å². The van der Waals surface area contributed by atoms with Crippen LogP contribution in [-0.2, 0) is 0 Å². The first-order valence-electron chi connectivity index (χ1n) is 20.8. The van der Waals surface area contributed by atoms with Crippen LogP contribution in [0.25, 0.3) is 22.3 Å². The Morgan fingerprint density at radius 3 is 1.24 bits per heavy atom. The van der Waals surface area contributed by atoms with Crippen molar-refractivity contribution in [3.05, 3.63) is 194 Å². The summed E-state index contributed by atoms with van der Waals surface area (Å²) in [5, 5.41) is 0. The molecule has 62 heavy (non-hydrogen) atoms. The molecule has 0 amide bonds. The molecule has 0 fully saturated rings. The first-order valence-corrected chi connectivity index (χ1v) is 22.4. The van der Waals surface area contributed by atoms with Crippen molar-refractivity contribution in [2.75, 3.05) is 0 Å². The summed E-state index contributed by atoms with van der Waals surface area (Å²) in [5.41, 5.74) is 11.4. The van der Waals surface area contributed by atoms with Crippen LogP contribution in [0, 0.1) is 0 Å². The highest BCUT2D eigenvalue weighted by Gasteiger charge is 2.44. The molecule has 290 valence electrons. The highest BCUT2D eigenvalue weighted by atomic mass is 32.2. The Bertz CT molecular complexity index is 3070. The van der Waals surface area contributed by atoms with E-state index < -0.39 is 0 Å². The molecule has 0 saturated carbocycles. The van der Waals surface area contributed by atoms with Crippen molar-refractivity contribution in [1.82, 2.24) is 0 Å². The first-order chi connectivity index (χ1) is 30.7. The zero-order valence-corrected chi connectivity index (χ0v) is 34.7. The number of rotatable bonds is 6. The molecule has 0 saturated heterocycles. The predicted molar refractivity (Wildman–Crippen MR) is 254 cm³/mol. The molecule has 0 aliphatic carbocycles. The highest BCUT2D eigenvalue weighted by molar-refractivity contribution is 8.00. The fourth-order valence-electron chi connectivity index (χ4n) is 9.53.